The normalized spacial score (nSPS) is 11.1. The van der Waals surface area contributed by atoms with Gasteiger partial charge in [0.2, 0.25) is 0 Å². The van der Waals surface area contributed by atoms with Gasteiger partial charge in [-0.3, -0.25) is 4.79 Å². The van der Waals surface area contributed by atoms with Gasteiger partial charge in [-0.15, -0.1) is 0 Å². The number of rotatable bonds is 7. The molecule has 0 fully saturated rings. The van der Waals surface area contributed by atoms with Crippen LogP contribution in [0, 0.1) is 0 Å². The van der Waals surface area contributed by atoms with Crippen molar-refractivity contribution in [2.75, 3.05) is 19.4 Å². The van der Waals surface area contributed by atoms with E-state index < -0.39 is 28.3 Å². The highest BCUT2D eigenvalue weighted by molar-refractivity contribution is 7.91. The van der Waals surface area contributed by atoms with Gasteiger partial charge in [-0.1, -0.05) is 42.8 Å². The molecule has 2 aromatic carbocycles. The lowest BCUT2D eigenvalue weighted by Gasteiger charge is -2.17. The van der Waals surface area contributed by atoms with Crippen LogP contribution in [-0.2, 0) is 25.9 Å². The Morgan fingerprint density at radius 1 is 1.11 bits per heavy atom. The summed E-state index contributed by atoms with van der Waals surface area (Å²) in [6, 6.07) is 12.9. The summed E-state index contributed by atoms with van der Waals surface area (Å²) >= 11 is 5.92. The van der Waals surface area contributed by atoms with Crippen molar-refractivity contribution in [3.8, 4) is 0 Å². The first-order valence-corrected chi connectivity index (χ1v) is 10.2. The third kappa shape index (κ3) is 5.55. The molecule has 0 radical (unpaired) electrons. The Balaban J connectivity index is 2.02. The Hall–Kier alpha value is -2.38. The Morgan fingerprint density at radius 2 is 1.81 bits per heavy atom. The number of esters is 1. The molecule has 0 saturated heterocycles. The molecule has 0 aliphatic rings. The first kappa shape index (κ1) is 20.9. The molecule has 0 N–H and O–H groups in total. The zero-order valence-corrected chi connectivity index (χ0v) is 16.6. The van der Waals surface area contributed by atoms with Crippen LogP contribution in [0.1, 0.15) is 22.8 Å². The minimum absolute atomic E-state index is 0.0790. The summed E-state index contributed by atoms with van der Waals surface area (Å²) in [5, 5.41) is 0.563. The van der Waals surface area contributed by atoms with Gasteiger partial charge in [-0.05, 0) is 29.8 Å². The molecule has 0 aromatic heterocycles. The predicted octanol–water partition coefficient (Wildman–Crippen LogP) is 2.95. The van der Waals surface area contributed by atoms with E-state index in [0.717, 1.165) is 5.56 Å². The SMILES string of the molecule is CCS(=O)(=O)c1ccccc1C(=O)OCC(=O)N(C)Cc1cccc(Cl)c1. The van der Waals surface area contributed by atoms with E-state index in [1.165, 1.54) is 30.0 Å². The lowest BCUT2D eigenvalue weighted by atomic mass is 10.2. The molecule has 0 saturated carbocycles. The van der Waals surface area contributed by atoms with Crippen LogP contribution in [0.25, 0.3) is 0 Å². The van der Waals surface area contributed by atoms with Crippen LogP contribution in [0.3, 0.4) is 0 Å². The molecule has 8 heteroatoms. The number of likely N-dealkylation sites (N-methyl/N-ethyl adjacent to an activating group) is 1. The van der Waals surface area contributed by atoms with Gasteiger partial charge in [0.25, 0.3) is 5.91 Å². The molecular weight excluding hydrogens is 390 g/mol. The largest absolute Gasteiger partial charge is 0.452 e. The molecule has 27 heavy (non-hydrogen) atoms. The summed E-state index contributed by atoms with van der Waals surface area (Å²) < 4.78 is 29.3. The second-order valence-electron chi connectivity index (χ2n) is 5.86. The molecule has 2 rings (SSSR count). The number of halogens is 1. The number of amides is 1. The zero-order chi connectivity index (χ0) is 20.0. The number of ether oxygens (including phenoxy) is 1. The molecule has 6 nitrogen and oxygen atoms in total. The highest BCUT2D eigenvalue weighted by Crippen LogP contribution is 2.18. The summed E-state index contributed by atoms with van der Waals surface area (Å²) in [6.07, 6.45) is 0. The van der Waals surface area contributed by atoms with E-state index in [9.17, 15) is 18.0 Å². The van der Waals surface area contributed by atoms with Crippen LogP contribution >= 0.6 is 11.6 Å². The maximum absolute atomic E-state index is 12.3. The van der Waals surface area contributed by atoms with Crippen molar-refractivity contribution in [2.45, 2.75) is 18.4 Å². The van der Waals surface area contributed by atoms with E-state index in [2.05, 4.69) is 0 Å². The predicted molar refractivity (Wildman–Crippen MR) is 102 cm³/mol. The van der Waals surface area contributed by atoms with Crippen LogP contribution in [0.5, 0.6) is 0 Å². The molecule has 2 aromatic rings. The van der Waals surface area contributed by atoms with Gasteiger partial charge in [-0.2, -0.15) is 0 Å². The van der Waals surface area contributed by atoms with Crippen LogP contribution in [0.4, 0.5) is 0 Å². The monoisotopic (exact) mass is 409 g/mol. The van der Waals surface area contributed by atoms with Crippen LogP contribution in [-0.4, -0.2) is 44.6 Å². The Morgan fingerprint density at radius 3 is 2.48 bits per heavy atom. The van der Waals surface area contributed by atoms with Gasteiger partial charge in [0.05, 0.1) is 16.2 Å². The van der Waals surface area contributed by atoms with E-state index in [-0.39, 0.29) is 16.2 Å². The topological polar surface area (TPSA) is 80.7 Å². The fourth-order valence-electron chi connectivity index (χ4n) is 2.37. The van der Waals surface area contributed by atoms with E-state index in [1.807, 2.05) is 6.07 Å². The second kappa shape index (κ2) is 9.01. The minimum atomic E-state index is -3.58. The lowest BCUT2D eigenvalue weighted by Crippen LogP contribution is -2.31. The summed E-state index contributed by atoms with van der Waals surface area (Å²) in [6.45, 7) is 1.31. The summed E-state index contributed by atoms with van der Waals surface area (Å²) in [5.41, 5.74) is 0.758. The van der Waals surface area contributed by atoms with E-state index in [1.54, 1.807) is 31.3 Å². The number of carbonyl (C=O) groups excluding carboxylic acids is 2. The van der Waals surface area contributed by atoms with Crippen LogP contribution in [0.15, 0.2) is 53.4 Å². The molecule has 0 aliphatic carbocycles. The van der Waals surface area contributed by atoms with Gasteiger partial charge in [0, 0.05) is 18.6 Å². The van der Waals surface area contributed by atoms with E-state index >= 15 is 0 Å². The highest BCUT2D eigenvalue weighted by atomic mass is 35.5. The maximum Gasteiger partial charge on any atom is 0.339 e. The molecule has 0 aliphatic heterocycles. The number of nitrogens with zero attached hydrogens (tertiary/aromatic N) is 1. The van der Waals surface area contributed by atoms with Crippen molar-refractivity contribution < 1.29 is 22.7 Å². The molecule has 0 heterocycles. The van der Waals surface area contributed by atoms with Crippen molar-refractivity contribution in [2.24, 2.45) is 0 Å². The van der Waals surface area contributed by atoms with Crippen molar-refractivity contribution in [1.82, 2.24) is 4.90 Å². The molecule has 0 atom stereocenters. The fraction of sp³-hybridized carbons (Fsp3) is 0.263. The first-order chi connectivity index (χ1) is 12.7. The third-order valence-corrected chi connectivity index (χ3v) is 5.90. The molecule has 0 unspecified atom stereocenters. The van der Waals surface area contributed by atoms with E-state index in [4.69, 9.17) is 16.3 Å². The van der Waals surface area contributed by atoms with Crippen molar-refractivity contribution in [1.29, 1.82) is 0 Å². The molecular formula is C19H20ClNO5S. The summed E-state index contributed by atoms with van der Waals surface area (Å²) in [5.74, 6) is -1.41. The molecule has 0 bridgehead atoms. The van der Waals surface area contributed by atoms with Gasteiger partial charge >= 0.3 is 5.97 Å². The van der Waals surface area contributed by atoms with E-state index in [0.29, 0.717) is 11.6 Å². The summed E-state index contributed by atoms with van der Waals surface area (Å²) in [4.78, 5) is 25.8. The highest BCUT2D eigenvalue weighted by Gasteiger charge is 2.22. The minimum Gasteiger partial charge on any atom is -0.452 e. The van der Waals surface area contributed by atoms with Crippen LogP contribution in [0.2, 0.25) is 5.02 Å². The van der Waals surface area contributed by atoms with Crippen LogP contribution < -0.4 is 0 Å². The second-order valence-corrected chi connectivity index (χ2v) is 8.54. The van der Waals surface area contributed by atoms with Gasteiger partial charge in [0.15, 0.2) is 16.4 Å². The van der Waals surface area contributed by atoms with Gasteiger partial charge in [-0.25, -0.2) is 13.2 Å². The molecule has 144 valence electrons. The fourth-order valence-corrected chi connectivity index (χ4v) is 3.67. The standard InChI is InChI=1S/C19H20ClNO5S/c1-3-27(24,25)17-10-5-4-9-16(17)19(23)26-13-18(22)21(2)12-14-7-6-8-15(20)11-14/h4-11H,3,12-13H2,1-2H3. The Labute approximate surface area is 163 Å². The average molecular weight is 410 g/mol. The molecule has 1 amide bonds. The quantitative estimate of drug-likeness (QED) is 0.657. The van der Waals surface area contributed by atoms with Crippen molar-refractivity contribution in [3.05, 3.63) is 64.7 Å². The summed E-state index contributed by atoms with van der Waals surface area (Å²) in [7, 11) is -2.01. The molecule has 0 spiro atoms. The number of hydrogen-bond donors (Lipinski definition) is 0. The zero-order valence-electron chi connectivity index (χ0n) is 15.0. The third-order valence-electron chi connectivity index (χ3n) is 3.88. The maximum atomic E-state index is 12.3. The van der Waals surface area contributed by atoms with Crippen molar-refractivity contribution in [3.63, 3.8) is 0 Å². The Kier molecular flexibility index (Phi) is 6.98. The number of benzene rings is 2. The Bertz CT molecular complexity index is 943. The number of hydrogen-bond acceptors (Lipinski definition) is 5. The number of carbonyl (C=O) groups is 2. The smallest absolute Gasteiger partial charge is 0.339 e. The first-order valence-electron chi connectivity index (χ1n) is 8.22. The lowest BCUT2D eigenvalue weighted by molar-refractivity contribution is -0.133. The number of sulfone groups is 1. The average Bonchev–Trinajstić information content (AvgIpc) is 2.65. The van der Waals surface area contributed by atoms with Gasteiger partial charge < -0.3 is 9.64 Å². The van der Waals surface area contributed by atoms with Gasteiger partial charge in [0.1, 0.15) is 0 Å². The van der Waals surface area contributed by atoms with Crippen molar-refractivity contribution >= 4 is 33.3 Å².